The van der Waals surface area contributed by atoms with E-state index in [-0.39, 0.29) is 35.6 Å². The van der Waals surface area contributed by atoms with Gasteiger partial charge in [0.1, 0.15) is 0 Å². The Labute approximate surface area is 143 Å². The maximum atomic E-state index is 12.4. The van der Waals surface area contributed by atoms with Gasteiger partial charge in [0.25, 0.3) is 0 Å². The van der Waals surface area contributed by atoms with Crippen molar-refractivity contribution in [2.45, 2.75) is 32.6 Å². The molecule has 3 rings (SSSR count). The molecule has 2 aliphatic rings. The molecule has 6 heteroatoms. The zero-order chi connectivity index (χ0) is 15.6. The molecule has 126 valence electrons. The van der Waals surface area contributed by atoms with Crippen molar-refractivity contribution in [2.75, 3.05) is 23.7 Å². The molecule has 2 fully saturated rings. The summed E-state index contributed by atoms with van der Waals surface area (Å²) in [6, 6.07) is 7.33. The smallest absolute Gasteiger partial charge is 0.231 e. The minimum absolute atomic E-state index is 0. The number of benzene rings is 1. The fourth-order valence-corrected chi connectivity index (χ4v) is 2.76. The number of piperidine rings is 1. The van der Waals surface area contributed by atoms with Gasteiger partial charge in [0.05, 0.1) is 5.41 Å². The summed E-state index contributed by atoms with van der Waals surface area (Å²) in [5.41, 5.74) is 1.19. The third-order valence-corrected chi connectivity index (χ3v) is 4.50. The topological polar surface area (TPSA) is 70.2 Å². The first kappa shape index (κ1) is 17.8. The number of anilines is 2. The van der Waals surface area contributed by atoms with Crippen LogP contribution in [0.1, 0.15) is 32.6 Å². The number of hydrogen-bond donors (Lipinski definition) is 3. The summed E-state index contributed by atoms with van der Waals surface area (Å²) >= 11 is 0. The molecule has 3 N–H and O–H groups in total. The van der Waals surface area contributed by atoms with Gasteiger partial charge in [0.2, 0.25) is 11.8 Å². The van der Waals surface area contributed by atoms with Crippen molar-refractivity contribution in [3.05, 3.63) is 24.3 Å². The second-order valence-corrected chi connectivity index (χ2v) is 6.64. The van der Waals surface area contributed by atoms with Crippen LogP contribution in [0.4, 0.5) is 11.4 Å². The molecule has 23 heavy (non-hydrogen) atoms. The van der Waals surface area contributed by atoms with Crippen LogP contribution in [-0.2, 0) is 9.59 Å². The number of hydrogen-bond acceptors (Lipinski definition) is 3. The van der Waals surface area contributed by atoms with E-state index >= 15 is 0 Å². The molecular formula is C17H24ClN3O2. The fraction of sp³-hybridized carbons (Fsp3) is 0.529. The first-order chi connectivity index (χ1) is 10.6. The van der Waals surface area contributed by atoms with Crippen LogP contribution < -0.4 is 16.0 Å². The van der Waals surface area contributed by atoms with Gasteiger partial charge in [-0.1, -0.05) is 0 Å². The largest absolute Gasteiger partial charge is 0.326 e. The fourth-order valence-electron chi connectivity index (χ4n) is 2.76. The number of carbonyl (C=O) groups is 2. The normalized spacial score (nSPS) is 23.5. The Morgan fingerprint density at radius 3 is 2.26 bits per heavy atom. The van der Waals surface area contributed by atoms with Crippen molar-refractivity contribution < 1.29 is 9.59 Å². The van der Waals surface area contributed by atoms with Crippen LogP contribution in [0.15, 0.2) is 24.3 Å². The van der Waals surface area contributed by atoms with Crippen molar-refractivity contribution in [3.8, 4) is 0 Å². The van der Waals surface area contributed by atoms with E-state index in [0.717, 1.165) is 43.6 Å². The van der Waals surface area contributed by atoms with E-state index in [1.54, 1.807) is 0 Å². The third kappa shape index (κ3) is 4.45. The summed E-state index contributed by atoms with van der Waals surface area (Å²) in [7, 11) is 0. The quantitative estimate of drug-likeness (QED) is 0.791. The van der Waals surface area contributed by atoms with Gasteiger partial charge < -0.3 is 16.0 Å². The Bertz CT molecular complexity index is 564. The van der Waals surface area contributed by atoms with Crippen LogP contribution in [0.5, 0.6) is 0 Å². The van der Waals surface area contributed by atoms with Crippen molar-refractivity contribution in [3.63, 3.8) is 0 Å². The Morgan fingerprint density at radius 2 is 1.74 bits per heavy atom. The average Bonchev–Trinajstić information content (AvgIpc) is 3.35. The molecule has 2 amide bonds. The highest BCUT2D eigenvalue weighted by Crippen LogP contribution is 2.30. The van der Waals surface area contributed by atoms with Gasteiger partial charge in [0, 0.05) is 23.8 Å². The van der Waals surface area contributed by atoms with Gasteiger partial charge in [-0.25, -0.2) is 0 Å². The lowest BCUT2D eigenvalue weighted by Gasteiger charge is -2.32. The van der Waals surface area contributed by atoms with Crippen molar-refractivity contribution in [2.24, 2.45) is 11.3 Å². The molecule has 1 saturated heterocycles. The summed E-state index contributed by atoms with van der Waals surface area (Å²) < 4.78 is 0. The molecule has 1 saturated carbocycles. The third-order valence-electron chi connectivity index (χ3n) is 4.50. The molecule has 0 radical (unpaired) electrons. The monoisotopic (exact) mass is 337 g/mol. The molecule has 0 aromatic heterocycles. The molecule has 1 aromatic rings. The SMILES string of the molecule is CC1(C(=O)Nc2ccc(NC(=O)C3CC3)cc2)CCCNC1.Cl. The lowest BCUT2D eigenvalue weighted by Crippen LogP contribution is -2.46. The zero-order valence-corrected chi connectivity index (χ0v) is 14.2. The van der Waals surface area contributed by atoms with Gasteiger partial charge in [0.15, 0.2) is 0 Å². The number of nitrogens with one attached hydrogen (secondary N) is 3. The molecule has 1 aromatic carbocycles. The molecule has 0 spiro atoms. The van der Waals surface area contributed by atoms with Gasteiger partial charge in [-0.15, -0.1) is 12.4 Å². The summed E-state index contributed by atoms with van der Waals surface area (Å²) in [5.74, 6) is 0.338. The van der Waals surface area contributed by atoms with Crippen LogP contribution >= 0.6 is 12.4 Å². The second kappa shape index (κ2) is 7.32. The van der Waals surface area contributed by atoms with Crippen LogP contribution in [0.25, 0.3) is 0 Å². The van der Waals surface area contributed by atoms with Gasteiger partial charge in [-0.2, -0.15) is 0 Å². The molecule has 1 unspecified atom stereocenters. The molecular weight excluding hydrogens is 314 g/mol. The maximum absolute atomic E-state index is 12.4. The summed E-state index contributed by atoms with van der Waals surface area (Å²) in [6.07, 6.45) is 3.91. The van der Waals surface area contributed by atoms with E-state index in [2.05, 4.69) is 16.0 Å². The highest BCUT2D eigenvalue weighted by molar-refractivity contribution is 5.96. The van der Waals surface area contributed by atoms with E-state index in [1.165, 1.54) is 0 Å². The first-order valence-electron chi connectivity index (χ1n) is 8.00. The van der Waals surface area contributed by atoms with Crippen LogP contribution in [0.2, 0.25) is 0 Å². The zero-order valence-electron chi connectivity index (χ0n) is 13.4. The predicted molar refractivity (Wildman–Crippen MR) is 93.9 cm³/mol. The van der Waals surface area contributed by atoms with Crippen LogP contribution in [-0.4, -0.2) is 24.9 Å². The highest BCUT2D eigenvalue weighted by Gasteiger charge is 2.34. The standard InChI is InChI=1S/C17H23N3O2.ClH/c1-17(9-2-10-18-11-17)16(22)20-14-7-5-13(6-8-14)19-15(21)12-3-4-12;/h5-8,12,18H,2-4,9-11H2,1H3,(H,19,21)(H,20,22);1H. The first-order valence-corrected chi connectivity index (χ1v) is 8.00. The average molecular weight is 338 g/mol. The predicted octanol–water partition coefficient (Wildman–Crippen LogP) is 2.79. The van der Waals surface area contributed by atoms with Gasteiger partial charge in [-0.3, -0.25) is 9.59 Å². The summed E-state index contributed by atoms with van der Waals surface area (Å²) in [5, 5.41) is 9.15. The van der Waals surface area contributed by atoms with E-state index in [4.69, 9.17) is 0 Å². The number of carbonyl (C=O) groups excluding carboxylic acids is 2. The minimum Gasteiger partial charge on any atom is -0.326 e. The number of halogens is 1. The molecule has 5 nitrogen and oxygen atoms in total. The van der Waals surface area contributed by atoms with E-state index in [1.807, 2.05) is 31.2 Å². The summed E-state index contributed by atoms with van der Waals surface area (Å²) in [6.45, 7) is 3.70. The van der Waals surface area contributed by atoms with Gasteiger partial charge in [-0.05, 0) is 63.4 Å². The van der Waals surface area contributed by atoms with Crippen LogP contribution in [0.3, 0.4) is 0 Å². The molecule has 1 aliphatic heterocycles. The Hall–Kier alpha value is -1.59. The Morgan fingerprint density at radius 1 is 1.13 bits per heavy atom. The molecule has 1 heterocycles. The van der Waals surface area contributed by atoms with Gasteiger partial charge >= 0.3 is 0 Å². The minimum atomic E-state index is -0.350. The van der Waals surface area contributed by atoms with E-state index < -0.39 is 0 Å². The second-order valence-electron chi connectivity index (χ2n) is 6.64. The maximum Gasteiger partial charge on any atom is 0.231 e. The Balaban J connectivity index is 0.00000192. The number of amides is 2. The molecule has 1 aliphatic carbocycles. The summed E-state index contributed by atoms with van der Waals surface area (Å²) in [4.78, 5) is 24.1. The lowest BCUT2D eigenvalue weighted by atomic mass is 9.82. The Kier molecular flexibility index (Phi) is 5.65. The van der Waals surface area contributed by atoms with Crippen molar-refractivity contribution in [1.29, 1.82) is 0 Å². The molecule has 0 bridgehead atoms. The van der Waals surface area contributed by atoms with Crippen molar-refractivity contribution >= 4 is 35.6 Å². The van der Waals surface area contributed by atoms with Crippen LogP contribution in [0, 0.1) is 11.3 Å². The highest BCUT2D eigenvalue weighted by atomic mass is 35.5. The lowest BCUT2D eigenvalue weighted by molar-refractivity contribution is -0.125. The molecule has 1 atom stereocenters. The van der Waals surface area contributed by atoms with E-state index in [0.29, 0.717) is 6.54 Å². The van der Waals surface area contributed by atoms with E-state index in [9.17, 15) is 9.59 Å². The van der Waals surface area contributed by atoms with Crippen molar-refractivity contribution in [1.82, 2.24) is 5.32 Å². The number of rotatable bonds is 4.